The van der Waals surface area contributed by atoms with Crippen molar-refractivity contribution in [1.82, 2.24) is 25.4 Å². The van der Waals surface area contributed by atoms with Crippen LogP contribution in [0.15, 0.2) is 34.4 Å². The molecule has 1 aliphatic rings. The van der Waals surface area contributed by atoms with E-state index in [2.05, 4.69) is 30.3 Å². The summed E-state index contributed by atoms with van der Waals surface area (Å²) in [6.07, 6.45) is 7.53. The van der Waals surface area contributed by atoms with Crippen LogP contribution in [0.1, 0.15) is 30.7 Å². The maximum atomic E-state index is 5.27. The molecule has 25 heavy (non-hydrogen) atoms. The van der Waals surface area contributed by atoms with Gasteiger partial charge < -0.3 is 14.7 Å². The van der Waals surface area contributed by atoms with E-state index in [4.69, 9.17) is 4.52 Å². The molecule has 8 heteroatoms. The second kappa shape index (κ2) is 7.71. The molecule has 4 heterocycles. The Hall–Kier alpha value is -2.32. The molecule has 1 fully saturated rings. The predicted octanol–water partition coefficient (Wildman–Crippen LogP) is 2.87. The van der Waals surface area contributed by atoms with Crippen LogP contribution in [0.2, 0.25) is 0 Å². The van der Waals surface area contributed by atoms with E-state index in [0.717, 1.165) is 29.5 Å². The first kappa shape index (κ1) is 16.2. The van der Waals surface area contributed by atoms with Crippen molar-refractivity contribution in [3.05, 3.63) is 41.3 Å². The highest BCUT2D eigenvalue weighted by Crippen LogP contribution is 2.22. The fourth-order valence-electron chi connectivity index (χ4n) is 2.84. The molecule has 0 aliphatic carbocycles. The molecule has 0 amide bonds. The topological polar surface area (TPSA) is 80.0 Å². The fraction of sp³-hybridized carbons (Fsp3) is 0.412. The van der Waals surface area contributed by atoms with E-state index in [0.29, 0.717) is 24.8 Å². The third-order valence-corrected chi connectivity index (χ3v) is 5.00. The molecule has 0 spiro atoms. The maximum Gasteiger partial charge on any atom is 0.268 e. The Morgan fingerprint density at radius 3 is 2.72 bits per heavy atom. The number of nitrogens with one attached hydrogen (secondary N) is 1. The Bertz CT molecular complexity index is 780. The van der Waals surface area contributed by atoms with Crippen LogP contribution in [-0.2, 0) is 13.1 Å². The molecule has 3 aromatic heterocycles. The predicted molar refractivity (Wildman–Crippen MR) is 96.3 cm³/mol. The molecule has 1 saturated heterocycles. The van der Waals surface area contributed by atoms with Crippen molar-refractivity contribution >= 4 is 17.3 Å². The molecule has 7 nitrogen and oxygen atoms in total. The van der Waals surface area contributed by atoms with Gasteiger partial charge in [-0.05, 0) is 30.7 Å². The maximum absolute atomic E-state index is 5.27. The van der Waals surface area contributed by atoms with E-state index in [-0.39, 0.29) is 0 Å². The van der Waals surface area contributed by atoms with Gasteiger partial charge in [-0.1, -0.05) is 11.2 Å². The van der Waals surface area contributed by atoms with Crippen LogP contribution in [0, 0.1) is 0 Å². The number of anilines is 1. The van der Waals surface area contributed by atoms with Gasteiger partial charge in [0.2, 0.25) is 5.95 Å². The number of thiophene rings is 1. The first-order valence-electron chi connectivity index (χ1n) is 8.51. The molecule has 0 aromatic carbocycles. The SMILES string of the molecule is c1csc(-c2nc(CNCc3cnc(N4CCCCC4)nc3)no2)c1. The normalized spacial score (nSPS) is 14.8. The number of hydrogen-bond donors (Lipinski definition) is 1. The smallest absolute Gasteiger partial charge is 0.268 e. The van der Waals surface area contributed by atoms with Gasteiger partial charge in [0, 0.05) is 37.6 Å². The van der Waals surface area contributed by atoms with E-state index in [1.165, 1.54) is 19.3 Å². The van der Waals surface area contributed by atoms with Crippen LogP contribution >= 0.6 is 11.3 Å². The highest BCUT2D eigenvalue weighted by atomic mass is 32.1. The summed E-state index contributed by atoms with van der Waals surface area (Å²) in [5, 5.41) is 9.29. The fourth-order valence-corrected chi connectivity index (χ4v) is 3.49. The number of aromatic nitrogens is 4. The zero-order chi connectivity index (χ0) is 16.9. The van der Waals surface area contributed by atoms with Crippen molar-refractivity contribution in [2.45, 2.75) is 32.4 Å². The Morgan fingerprint density at radius 1 is 1.12 bits per heavy atom. The standard InChI is InChI=1S/C17H20N6OS/c1-2-6-23(7-3-1)17-19-10-13(11-20-17)9-18-12-15-21-16(24-22-15)14-5-4-8-25-14/h4-5,8,10-11,18H,1-3,6-7,9,12H2. The van der Waals surface area contributed by atoms with E-state index < -0.39 is 0 Å². The van der Waals surface area contributed by atoms with Crippen LogP contribution in [-0.4, -0.2) is 33.2 Å². The quantitative estimate of drug-likeness (QED) is 0.727. The average Bonchev–Trinajstić information content (AvgIpc) is 3.35. The first-order chi connectivity index (χ1) is 12.4. The van der Waals surface area contributed by atoms with Crippen LogP contribution in [0.5, 0.6) is 0 Å². The number of nitrogens with zero attached hydrogens (tertiary/aromatic N) is 5. The van der Waals surface area contributed by atoms with Gasteiger partial charge in [-0.3, -0.25) is 0 Å². The van der Waals surface area contributed by atoms with E-state index in [1.54, 1.807) is 11.3 Å². The lowest BCUT2D eigenvalue weighted by Gasteiger charge is -2.26. The van der Waals surface area contributed by atoms with Crippen molar-refractivity contribution in [2.24, 2.45) is 0 Å². The molecule has 0 radical (unpaired) electrons. The summed E-state index contributed by atoms with van der Waals surface area (Å²) >= 11 is 1.59. The van der Waals surface area contributed by atoms with Crippen LogP contribution < -0.4 is 10.2 Å². The molecule has 4 rings (SSSR count). The van der Waals surface area contributed by atoms with Crippen molar-refractivity contribution in [3.63, 3.8) is 0 Å². The molecule has 3 aromatic rings. The Labute approximate surface area is 150 Å². The van der Waals surface area contributed by atoms with Gasteiger partial charge >= 0.3 is 0 Å². The monoisotopic (exact) mass is 356 g/mol. The zero-order valence-corrected chi connectivity index (χ0v) is 14.7. The average molecular weight is 356 g/mol. The second-order valence-electron chi connectivity index (χ2n) is 6.04. The van der Waals surface area contributed by atoms with Gasteiger partial charge in [0.05, 0.1) is 11.4 Å². The van der Waals surface area contributed by atoms with Crippen molar-refractivity contribution < 1.29 is 4.52 Å². The van der Waals surface area contributed by atoms with Gasteiger partial charge in [0.15, 0.2) is 5.82 Å². The summed E-state index contributed by atoms with van der Waals surface area (Å²) in [5.41, 5.74) is 1.04. The lowest BCUT2D eigenvalue weighted by Crippen LogP contribution is -2.31. The minimum absolute atomic E-state index is 0.544. The summed E-state index contributed by atoms with van der Waals surface area (Å²) in [6, 6.07) is 3.94. The van der Waals surface area contributed by atoms with Gasteiger partial charge in [-0.2, -0.15) is 4.98 Å². The summed E-state index contributed by atoms with van der Waals surface area (Å²) < 4.78 is 5.27. The van der Waals surface area contributed by atoms with Crippen LogP contribution in [0.4, 0.5) is 5.95 Å². The number of piperidine rings is 1. The molecule has 0 unspecified atom stereocenters. The molecule has 1 aliphatic heterocycles. The third kappa shape index (κ3) is 4.02. The van der Waals surface area contributed by atoms with Gasteiger partial charge in [-0.25, -0.2) is 9.97 Å². The molecular formula is C17H20N6OS. The van der Waals surface area contributed by atoms with Gasteiger partial charge in [-0.15, -0.1) is 11.3 Å². The highest BCUT2D eigenvalue weighted by Gasteiger charge is 2.13. The summed E-state index contributed by atoms with van der Waals surface area (Å²) in [6.45, 7) is 3.33. The third-order valence-electron chi connectivity index (χ3n) is 4.14. The Kier molecular flexibility index (Phi) is 4.98. The molecular weight excluding hydrogens is 336 g/mol. The molecule has 0 saturated carbocycles. The molecule has 0 atom stereocenters. The number of hydrogen-bond acceptors (Lipinski definition) is 8. The van der Waals surface area contributed by atoms with E-state index in [9.17, 15) is 0 Å². The molecule has 0 bridgehead atoms. The largest absolute Gasteiger partial charge is 0.341 e. The Morgan fingerprint density at radius 2 is 1.96 bits per heavy atom. The summed E-state index contributed by atoms with van der Waals surface area (Å²) in [5.74, 6) is 2.05. The van der Waals surface area contributed by atoms with Crippen molar-refractivity contribution in [3.8, 4) is 10.8 Å². The Balaban J connectivity index is 1.28. The van der Waals surface area contributed by atoms with Gasteiger partial charge in [0.25, 0.3) is 5.89 Å². The first-order valence-corrected chi connectivity index (χ1v) is 9.39. The summed E-state index contributed by atoms with van der Waals surface area (Å²) in [4.78, 5) is 16.6. The van der Waals surface area contributed by atoms with Crippen molar-refractivity contribution in [2.75, 3.05) is 18.0 Å². The van der Waals surface area contributed by atoms with Gasteiger partial charge in [0.1, 0.15) is 0 Å². The van der Waals surface area contributed by atoms with E-state index in [1.807, 2.05) is 29.9 Å². The highest BCUT2D eigenvalue weighted by molar-refractivity contribution is 7.13. The van der Waals surface area contributed by atoms with Crippen molar-refractivity contribution in [1.29, 1.82) is 0 Å². The second-order valence-corrected chi connectivity index (χ2v) is 6.98. The lowest BCUT2D eigenvalue weighted by molar-refractivity contribution is 0.420. The number of rotatable bonds is 6. The molecule has 130 valence electrons. The lowest BCUT2D eigenvalue weighted by atomic mass is 10.1. The molecule has 1 N–H and O–H groups in total. The summed E-state index contributed by atoms with van der Waals surface area (Å²) in [7, 11) is 0. The zero-order valence-electron chi connectivity index (χ0n) is 13.9. The van der Waals surface area contributed by atoms with E-state index >= 15 is 0 Å². The minimum Gasteiger partial charge on any atom is -0.341 e. The van der Waals surface area contributed by atoms with Crippen LogP contribution in [0.3, 0.4) is 0 Å². The minimum atomic E-state index is 0.544. The van der Waals surface area contributed by atoms with Crippen LogP contribution in [0.25, 0.3) is 10.8 Å².